The quantitative estimate of drug-likeness (QED) is 0.425. The van der Waals surface area contributed by atoms with Gasteiger partial charge in [-0.15, -0.1) is 0 Å². The van der Waals surface area contributed by atoms with E-state index in [9.17, 15) is 14.0 Å². The third kappa shape index (κ3) is 3.18. The lowest BCUT2D eigenvalue weighted by molar-refractivity contribution is 0.0921. The number of carbonyl (C=O) groups is 2. The van der Waals surface area contributed by atoms with Crippen molar-refractivity contribution < 1.29 is 23.1 Å². The van der Waals surface area contributed by atoms with Crippen LogP contribution in [0.2, 0.25) is 0 Å². The van der Waals surface area contributed by atoms with Crippen LogP contribution in [0.15, 0.2) is 34.9 Å². The number of halogens is 1. The standard InChI is InChI=1S/C13H12FN3O4/c14-10-5-8(1-2-9(10)12(15)18)21-6-7-3-4-20-11(7)13(19)17-16/h1-5H,6,16H2,(H2,15,18)(H,17,19). The fourth-order valence-electron chi connectivity index (χ4n) is 1.66. The minimum atomic E-state index is -0.865. The van der Waals surface area contributed by atoms with Crippen molar-refractivity contribution in [2.75, 3.05) is 0 Å². The molecule has 21 heavy (non-hydrogen) atoms. The highest BCUT2D eigenvalue weighted by atomic mass is 19.1. The van der Waals surface area contributed by atoms with Gasteiger partial charge in [0.1, 0.15) is 18.2 Å². The first-order valence-electron chi connectivity index (χ1n) is 5.82. The van der Waals surface area contributed by atoms with Gasteiger partial charge in [0.15, 0.2) is 5.76 Å². The van der Waals surface area contributed by atoms with Crippen LogP contribution in [0.1, 0.15) is 26.5 Å². The third-order valence-electron chi connectivity index (χ3n) is 2.68. The first kappa shape index (κ1) is 14.5. The number of hydrogen-bond donors (Lipinski definition) is 3. The highest BCUT2D eigenvalue weighted by molar-refractivity contribution is 5.93. The number of hydrazine groups is 1. The molecule has 1 aromatic carbocycles. The molecule has 0 atom stereocenters. The van der Waals surface area contributed by atoms with Gasteiger partial charge < -0.3 is 14.9 Å². The molecule has 2 aromatic rings. The van der Waals surface area contributed by atoms with Gasteiger partial charge in [-0.25, -0.2) is 10.2 Å². The molecule has 0 spiro atoms. The maximum absolute atomic E-state index is 13.5. The van der Waals surface area contributed by atoms with Crippen LogP contribution in [-0.2, 0) is 6.61 Å². The van der Waals surface area contributed by atoms with E-state index in [1.165, 1.54) is 24.5 Å². The summed E-state index contributed by atoms with van der Waals surface area (Å²) in [5.74, 6) is 2.94. The summed E-state index contributed by atoms with van der Waals surface area (Å²) < 4.78 is 23.8. The smallest absolute Gasteiger partial charge is 0.301 e. The molecule has 0 radical (unpaired) electrons. The second-order valence-corrected chi connectivity index (χ2v) is 4.04. The van der Waals surface area contributed by atoms with E-state index in [1.54, 1.807) is 0 Å². The van der Waals surface area contributed by atoms with Crippen LogP contribution in [0.5, 0.6) is 5.75 Å². The molecule has 0 saturated carbocycles. The SMILES string of the molecule is NNC(=O)c1occc1COc1ccc(C(N)=O)c(F)c1. The average Bonchev–Trinajstić information content (AvgIpc) is 2.92. The molecule has 2 rings (SSSR count). The summed E-state index contributed by atoms with van der Waals surface area (Å²) in [6.07, 6.45) is 1.31. The minimum Gasteiger partial charge on any atom is -0.489 e. The molecule has 1 aromatic heterocycles. The lowest BCUT2D eigenvalue weighted by atomic mass is 10.2. The largest absolute Gasteiger partial charge is 0.489 e. The van der Waals surface area contributed by atoms with E-state index in [4.69, 9.17) is 20.7 Å². The van der Waals surface area contributed by atoms with Crippen molar-refractivity contribution >= 4 is 11.8 Å². The Balaban J connectivity index is 2.10. The van der Waals surface area contributed by atoms with Crippen LogP contribution in [0.3, 0.4) is 0 Å². The monoisotopic (exact) mass is 293 g/mol. The minimum absolute atomic E-state index is 0.00623. The van der Waals surface area contributed by atoms with Crippen molar-refractivity contribution in [1.82, 2.24) is 5.43 Å². The summed E-state index contributed by atoms with van der Waals surface area (Å²) in [4.78, 5) is 22.3. The number of carbonyl (C=O) groups excluding carboxylic acids is 2. The molecule has 0 aliphatic rings. The summed E-state index contributed by atoms with van der Waals surface area (Å²) in [7, 11) is 0. The topological polar surface area (TPSA) is 121 Å². The number of ether oxygens (including phenoxy) is 1. The Bertz CT molecular complexity index is 684. The van der Waals surface area contributed by atoms with Crippen molar-refractivity contribution in [3.05, 3.63) is 53.2 Å². The Morgan fingerprint density at radius 2 is 2.10 bits per heavy atom. The Morgan fingerprint density at radius 3 is 2.71 bits per heavy atom. The summed E-state index contributed by atoms with van der Waals surface area (Å²) in [5.41, 5.74) is 7.15. The molecule has 1 heterocycles. The molecule has 0 aliphatic carbocycles. The molecular formula is C13H12FN3O4. The average molecular weight is 293 g/mol. The number of hydrogen-bond acceptors (Lipinski definition) is 5. The predicted molar refractivity (Wildman–Crippen MR) is 69.6 cm³/mol. The van der Waals surface area contributed by atoms with Gasteiger partial charge >= 0.3 is 5.91 Å². The molecule has 0 saturated heterocycles. The van der Waals surface area contributed by atoms with E-state index in [0.29, 0.717) is 5.56 Å². The molecule has 110 valence electrons. The van der Waals surface area contributed by atoms with Crippen molar-refractivity contribution in [1.29, 1.82) is 0 Å². The molecule has 0 unspecified atom stereocenters. The normalized spacial score (nSPS) is 10.2. The van der Waals surface area contributed by atoms with Gasteiger partial charge in [-0.05, 0) is 18.2 Å². The second kappa shape index (κ2) is 6.06. The lowest BCUT2D eigenvalue weighted by Gasteiger charge is -2.07. The van der Waals surface area contributed by atoms with Gasteiger partial charge in [-0.3, -0.25) is 15.0 Å². The van der Waals surface area contributed by atoms with Gasteiger partial charge in [0, 0.05) is 11.6 Å². The fourth-order valence-corrected chi connectivity index (χ4v) is 1.66. The van der Waals surface area contributed by atoms with Crippen LogP contribution in [-0.4, -0.2) is 11.8 Å². The maximum atomic E-state index is 13.5. The van der Waals surface area contributed by atoms with E-state index >= 15 is 0 Å². The molecule has 0 fully saturated rings. The lowest BCUT2D eigenvalue weighted by Crippen LogP contribution is -2.30. The molecular weight excluding hydrogens is 281 g/mol. The van der Waals surface area contributed by atoms with Crippen molar-refractivity contribution in [2.24, 2.45) is 11.6 Å². The molecule has 8 heteroatoms. The zero-order valence-corrected chi connectivity index (χ0v) is 10.8. The van der Waals surface area contributed by atoms with Gasteiger partial charge in [0.25, 0.3) is 5.91 Å². The highest BCUT2D eigenvalue weighted by Gasteiger charge is 2.15. The molecule has 2 amide bonds. The summed E-state index contributed by atoms with van der Waals surface area (Å²) in [6, 6.07) is 5.17. The van der Waals surface area contributed by atoms with Crippen LogP contribution in [0.25, 0.3) is 0 Å². The van der Waals surface area contributed by atoms with Crippen molar-refractivity contribution in [2.45, 2.75) is 6.61 Å². The molecule has 0 bridgehead atoms. The number of nitrogens with one attached hydrogen (secondary N) is 1. The zero-order chi connectivity index (χ0) is 15.4. The van der Waals surface area contributed by atoms with Gasteiger partial charge in [0.05, 0.1) is 11.8 Å². The maximum Gasteiger partial charge on any atom is 0.301 e. The van der Waals surface area contributed by atoms with E-state index in [0.717, 1.165) is 6.07 Å². The predicted octanol–water partition coefficient (Wildman–Crippen LogP) is 0.700. The number of amides is 2. The summed E-state index contributed by atoms with van der Waals surface area (Å²) in [6.45, 7) is -0.0331. The number of primary amides is 1. The van der Waals surface area contributed by atoms with Crippen molar-refractivity contribution in [3.8, 4) is 5.75 Å². The summed E-state index contributed by atoms with van der Waals surface area (Å²) in [5, 5.41) is 0. The number of nitrogens with two attached hydrogens (primary N) is 2. The van der Waals surface area contributed by atoms with E-state index in [2.05, 4.69) is 0 Å². The van der Waals surface area contributed by atoms with E-state index in [-0.39, 0.29) is 23.7 Å². The van der Waals surface area contributed by atoms with Gasteiger partial charge in [-0.1, -0.05) is 0 Å². The Kier molecular flexibility index (Phi) is 4.19. The fraction of sp³-hybridized carbons (Fsp3) is 0.0769. The number of furan rings is 1. The first-order chi connectivity index (χ1) is 10.0. The summed E-state index contributed by atoms with van der Waals surface area (Å²) >= 11 is 0. The Hall–Kier alpha value is -2.87. The highest BCUT2D eigenvalue weighted by Crippen LogP contribution is 2.19. The van der Waals surface area contributed by atoms with Crippen LogP contribution in [0.4, 0.5) is 4.39 Å². The Morgan fingerprint density at radius 1 is 1.33 bits per heavy atom. The number of nitrogen functional groups attached to an aromatic ring is 1. The van der Waals surface area contributed by atoms with Gasteiger partial charge in [-0.2, -0.15) is 0 Å². The first-order valence-corrected chi connectivity index (χ1v) is 5.82. The number of benzene rings is 1. The Labute approximate surface area is 118 Å². The number of rotatable bonds is 5. The van der Waals surface area contributed by atoms with Gasteiger partial charge in [0.2, 0.25) is 0 Å². The third-order valence-corrected chi connectivity index (χ3v) is 2.68. The molecule has 0 aliphatic heterocycles. The van der Waals surface area contributed by atoms with E-state index in [1.807, 2.05) is 5.43 Å². The van der Waals surface area contributed by atoms with Crippen LogP contribution < -0.4 is 21.7 Å². The van der Waals surface area contributed by atoms with Crippen LogP contribution >= 0.6 is 0 Å². The second-order valence-electron chi connectivity index (χ2n) is 4.04. The van der Waals surface area contributed by atoms with Crippen LogP contribution in [0, 0.1) is 5.82 Å². The molecule has 5 N–H and O–H groups in total. The van der Waals surface area contributed by atoms with Crippen molar-refractivity contribution in [3.63, 3.8) is 0 Å². The van der Waals surface area contributed by atoms with E-state index < -0.39 is 17.6 Å². The molecule has 7 nitrogen and oxygen atoms in total. The zero-order valence-electron chi connectivity index (χ0n) is 10.8.